The van der Waals surface area contributed by atoms with Gasteiger partial charge in [-0.2, -0.15) is 13.2 Å². The van der Waals surface area contributed by atoms with E-state index in [2.05, 4.69) is 4.98 Å². The number of benzene rings is 1. The Morgan fingerprint density at radius 3 is 2.27 bits per heavy atom. The highest BCUT2D eigenvalue weighted by Crippen LogP contribution is 2.30. The Labute approximate surface area is 123 Å². The van der Waals surface area contributed by atoms with Crippen molar-refractivity contribution in [3.8, 4) is 5.69 Å². The van der Waals surface area contributed by atoms with E-state index in [9.17, 15) is 27.7 Å². The van der Waals surface area contributed by atoms with Gasteiger partial charge in [-0.3, -0.25) is 10.1 Å². The molecule has 0 aliphatic rings. The molecule has 1 aromatic carbocycles. The van der Waals surface area contributed by atoms with Crippen LogP contribution in [0.15, 0.2) is 24.4 Å². The molecule has 0 N–H and O–H groups in total. The summed E-state index contributed by atoms with van der Waals surface area (Å²) in [4.78, 5) is 13.0. The van der Waals surface area contributed by atoms with Crippen LogP contribution in [0.3, 0.4) is 0 Å². The minimum Gasteiger partial charge on any atom is -0.300 e. The van der Waals surface area contributed by atoms with Crippen LogP contribution >= 0.6 is 0 Å². The number of rotatable bonds is 2. The van der Waals surface area contributed by atoms with Gasteiger partial charge in [-0.05, 0) is 13.0 Å². The Kier molecular flexibility index (Phi) is 5.23. The number of alkyl halides is 3. The number of aryl methyl sites for hydroxylation is 1. The number of halogens is 4. The number of nitrogens with zero attached hydrogens (tertiary/aromatic N) is 3. The predicted octanol–water partition coefficient (Wildman–Crippen LogP) is 4.27. The Bertz CT molecular complexity index is 680. The predicted molar refractivity (Wildman–Crippen MR) is 71.3 cm³/mol. The highest BCUT2D eigenvalue weighted by molar-refractivity contribution is 5.43. The summed E-state index contributed by atoms with van der Waals surface area (Å²) >= 11 is 0. The van der Waals surface area contributed by atoms with Crippen LogP contribution in [-0.2, 0) is 6.18 Å². The van der Waals surface area contributed by atoms with Crippen LogP contribution < -0.4 is 0 Å². The average molecular weight is 319 g/mol. The zero-order valence-electron chi connectivity index (χ0n) is 12.0. The molecule has 0 saturated carbocycles. The number of hydrogen-bond acceptors (Lipinski definition) is 3. The molecular formula is C13H13F4N3O2. The highest BCUT2D eigenvalue weighted by Gasteiger charge is 2.34. The van der Waals surface area contributed by atoms with Crippen LogP contribution in [-0.4, -0.2) is 14.5 Å². The molecule has 0 aliphatic heterocycles. The van der Waals surface area contributed by atoms with Gasteiger partial charge in [0.2, 0.25) is 0 Å². The summed E-state index contributed by atoms with van der Waals surface area (Å²) in [5.41, 5.74) is -1.89. The SMILES string of the molecule is CC.Cc1nc(C(F)(F)F)cn1-c1ccc([N+](=O)[O-])cc1F. The van der Waals surface area contributed by atoms with E-state index in [0.717, 1.165) is 16.7 Å². The molecule has 0 spiro atoms. The number of nitro benzene ring substituents is 1. The van der Waals surface area contributed by atoms with Crippen LogP contribution in [0.1, 0.15) is 25.4 Å². The first-order chi connectivity index (χ1) is 10.2. The van der Waals surface area contributed by atoms with Crippen molar-refractivity contribution in [1.82, 2.24) is 9.55 Å². The zero-order valence-corrected chi connectivity index (χ0v) is 12.0. The van der Waals surface area contributed by atoms with Gasteiger partial charge in [-0.15, -0.1) is 0 Å². The summed E-state index contributed by atoms with van der Waals surface area (Å²) in [7, 11) is 0. The van der Waals surface area contributed by atoms with Crippen LogP contribution in [0.25, 0.3) is 5.69 Å². The molecule has 2 rings (SSSR count). The standard InChI is InChI=1S/C11H7F4N3O2.C2H6/c1-6-16-10(11(13,14)15)5-17(6)9-3-2-7(18(19)20)4-8(9)12;1-2/h2-5H,1H3;1-2H3. The topological polar surface area (TPSA) is 61.0 Å². The first-order valence-corrected chi connectivity index (χ1v) is 6.27. The van der Waals surface area contributed by atoms with E-state index in [0.29, 0.717) is 12.3 Å². The largest absolute Gasteiger partial charge is 0.434 e. The van der Waals surface area contributed by atoms with Crippen molar-refractivity contribution in [2.45, 2.75) is 26.9 Å². The zero-order chi connectivity index (χ0) is 17.1. The number of nitro groups is 1. The lowest BCUT2D eigenvalue weighted by Gasteiger charge is -2.05. The van der Waals surface area contributed by atoms with E-state index < -0.39 is 28.3 Å². The van der Waals surface area contributed by atoms with E-state index in [1.54, 1.807) is 0 Å². The van der Waals surface area contributed by atoms with E-state index in [4.69, 9.17) is 0 Å². The van der Waals surface area contributed by atoms with E-state index in [-0.39, 0.29) is 11.5 Å². The van der Waals surface area contributed by atoms with Gasteiger partial charge < -0.3 is 4.57 Å². The summed E-state index contributed by atoms with van der Waals surface area (Å²) in [5, 5.41) is 10.5. The fourth-order valence-corrected chi connectivity index (χ4v) is 1.66. The Morgan fingerprint density at radius 2 is 1.86 bits per heavy atom. The van der Waals surface area contributed by atoms with Crippen molar-refractivity contribution in [3.63, 3.8) is 0 Å². The maximum absolute atomic E-state index is 13.7. The summed E-state index contributed by atoms with van der Waals surface area (Å²) in [5.74, 6) is -1.08. The van der Waals surface area contributed by atoms with Crippen molar-refractivity contribution in [3.05, 3.63) is 51.8 Å². The first-order valence-electron chi connectivity index (χ1n) is 6.27. The Morgan fingerprint density at radius 1 is 1.27 bits per heavy atom. The molecule has 0 fully saturated rings. The summed E-state index contributed by atoms with van der Waals surface area (Å²) < 4.78 is 52.2. The maximum atomic E-state index is 13.7. The van der Waals surface area contributed by atoms with Gasteiger partial charge in [0.25, 0.3) is 5.69 Å². The van der Waals surface area contributed by atoms with Gasteiger partial charge in [-0.1, -0.05) is 13.8 Å². The first kappa shape index (κ1) is 17.6. The minimum atomic E-state index is -4.65. The molecule has 0 aliphatic carbocycles. The molecule has 22 heavy (non-hydrogen) atoms. The van der Waals surface area contributed by atoms with Crippen LogP contribution in [0, 0.1) is 22.9 Å². The van der Waals surface area contributed by atoms with Crippen molar-refractivity contribution in [1.29, 1.82) is 0 Å². The molecule has 9 heteroatoms. The van der Waals surface area contributed by atoms with Crippen molar-refractivity contribution in [2.75, 3.05) is 0 Å². The average Bonchev–Trinajstić information content (AvgIpc) is 2.83. The molecule has 1 heterocycles. The Balaban J connectivity index is 0.00000116. The molecule has 0 atom stereocenters. The number of non-ortho nitro benzene ring substituents is 1. The van der Waals surface area contributed by atoms with Gasteiger partial charge in [0.15, 0.2) is 11.5 Å². The quantitative estimate of drug-likeness (QED) is 0.472. The molecule has 5 nitrogen and oxygen atoms in total. The molecule has 1 aromatic heterocycles. The fraction of sp³-hybridized carbons (Fsp3) is 0.308. The number of hydrogen-bond donors (Lipinski definition) is 0. The third kappa shape index (κ3) is 3.60. The molecule has 0 bridgehead atoms. The van der Waals surface area contributed by atoms with E-state index >= 15 is 0 Å². The molecule has 120 valence electrons. The third-order valence-electron chi connectivity index (χ3n) is 2.57. The third-order valence-corrected chi connectivity index (χ3v) is 2.57. The second kappa shape index (κ2) is 6.54. The highest BCUT2D eigenvalue weighted by atomic mass is 19.4. The monoisotopic (exact) mass is 319 g/mol. The second-order valence-corrected chi connectivity index (χ2v) is 3.93. The number of imidazole rings is 1. The summed E-state index contributed by atoms with van der Waals surface area (Å²) in [6.45, 7) is 5.27. The lowest BCUT2D eigenvalue weighted by molar-refractivity contribution is -0.385. The van der Waals surface area contributed by atoms with Crippen LogP contribution in [0.5, 0.6) is 0 Å². The molecule has 0 amide bonds. The Hall–Kier alpha value is -2.45. The van der Waals surface area contributed by atoms with E-state index in [1.807, 2.05) is 13.8 Å². The van der Waals surface area contributed by atoms with Gasteiger partial charge in [0, 0.05) is 12.3 Å². The van der Waals surface area contributed by atoms with Crippen molar-refractivity contribution >= 4 is 5.69 Å². The van der Waals surface area contributed by atoms with Gasteiger partial charge >= 0.3 is 6.18 Å². The summed E-state index contributed by atoms with van der Waals surface area (Å²) in [6, 6.07) is 2.68. The summed E-state index contributed by atoms with van der Waals surface area (Å²) in [6.07, 6.45) is -4.01. The maximum Gasteiger partial charge on any atom is 0.434 e. The molecule has 0 unspecified atom stereocenters. The minimum absolute atomic E-state index is 0.0786. The van der Waals surface area contributed by atoms with Crippen molar-refractivity contribution < 1.29 is 22.5 Å². The van der Waals surface area contributed by atoms with Crippen LogP contribution in [0.2, 0.25) is 0 Å². The smallest absolute Gasteiger partial charge is 0.300 e. The lowest BCUT2D eigenvalue weighted by Crippen LogP contribution is -2.05. The second-order valence-electron chi connectivity index (χ2n) is 3.93. The normalized spacial score (nSPS) is 10.9. The van der Waals surface area contributed by atoms with Crippen LogP contribution in [0.4, 0.5) is 23.2 Å². The van der Waals surface area contributed by atoms with Crippen molar-refractivity contribution in [2.24, 2.45) is 0 Å². The number of aromatic nitrogens is 2. The fourth-order valence-electron chi connectivity index (χ4n) is 1.66. The molecule has 0 radical (unpaired) electrons. The molecule has 0 saturated heterocycles. The molecular weight excluding hydrogens is 306 g/mol. The van der Waals surface area contributed by atoms with Gasteiger partial charge in [-0.25, -0.2) is 9.37 Å². The van der Waals surface area contributed by atoms with Gasteiger partial charge in [0.05, 0.1) is 16.7 Å². The molecule has 2 aromatic rings. The van der Waals surface area contributed by atoms with Gasteiger partial charge in [0.1, 0.15) is 5.82 Å². The van der Waals surface area contributed by atoms with E-state index in [1.165, 1.54) is 6.92 Å². The lowest BCUT2D eigenvalue weighted by atomic mass is 10.2.